The van der Waals surface area contributed by atoms with E-state index in [1.807, 2.05) is 0 Å². The molecule has 1 amide bonds. The fourth-order valence-corrected chi connectivity index (χ4v) is 1.85. The highest BCUT2D eigenvalue weighted by molar-refractivity contribution is 8.14. The van der Waals surface area contributed by atoms with Crippen LogP contribution in [0.5, 0.6) is 0 Å². The van der Waals surface area contributed by atoms with E-state index in [1.165, 1.54) is 12.1 Å². The zero-order valence-electron chi connectivity index (χ0n) is 8.90. The van der Waals surface area contributed by atoms with E-state index in [-0.39, 0.29) is 10.7 Å². The lowest BCUT2D eigenvalue weighted by molar-refractivity contribution is -0.109. The number of rotatable bonds is 6. The van der Waals surface area contributed by atoms with Gasteiger partial charge in [0.05, 0.1) is 5.56 Å². The Labute approximate surface area is 102 Å². The average molecular weight is 254 g/mol. The van der Waals surface area contributed by atoms with Gasteiger partial charge in [-0.1, -0.05) is 17.8 Å². The number of amides is 1. The molecule has 2 N–H and O–H groups in total. The summed E-state index contributed by atoms with van der Waals surface area (Å²) >= 11 is 0.940. The minimum atomic E-state index is -0.633. The van der Waals surface area contributed by atoms with Crippen LogP contribution in [0, 0.1) is 11.2 Å². The molecule has 1 aromatic rings. The molecule has 0 unspecified atom stereocenters. The lowest BCUT2D eigenvalue weighted by Crippen LogP contribution is -2.15. The van der Waals surface area contributed by atoms with Crippen LogP contribution in [0.4, 0.5) is 4.39 Å². The molecule has 4 nitrogen and oxygen atoms in total. The highest BCUT2D eigenvalue weighted by Gasteiger charge is 2.12. The lowest BCUT2D eigenvalue weighted by Gasteiger charge is -2.03. The summed E-state index contributed by atoms with van der Waals surface area (Å²) < 4.78 is 13.5. The first kappa shape index (κ1) is 13.4. The normalized spacial score (nSPS) is 9.71. The molecular formula is C11H11FN2O2S. The van der Waals surface area contributed by atoms with Crippen LogP contribution < -0.4 is 5.32 Å². The van der Waals surface area contributed by atoms with Gasteiger partial charge in [-0.3, -0.25) is 9.59 Å². The third-order valence-corrected chi connectivity index (χ3v) is 2.83. The third kappa shape index (κ3) is 3.99. The van der Waals surface area contributed by atoms with Crippen molar-refractivity contribution >= 4 is 29.5 Å². The lowest BCUT2D eigenvalue weighted by atomic mass is 10.1. The summed E-state index contributed by atoms with van der Waals surface area (Å²) in [5, 5.41) is 8.98. The Hall–Kier alpha value is -1.69. The van der Waals surface area contributed by atoms with E-state index >= 15 is 0 Å². The summed E-state index contributed by atoms with van der Waals surface area (Å²) in [6.45, 7) is 0.361. The van der Waals surface area contributed by atoms with Gasteiger partial charge in [0, 0.05) is 18.5 Å². The molecule has 6 heteroatoms. The fraction of sp³-hybridized carbons (Fsp3) is 0.182. The molecule has 0 spiro atoms. The van der Waals surface area contributed by atoms with Gasteiger partial charge in [0.1, 0.15) is 5.82 Å². The summed E-state index contributed by atoms with van der Waals surface area (Å²) in [5.41, 5.74) is 0.401. The molecular weight excluding hydrogens is 243 g/mol. The number of thioether (sulfide) groups is 1. The highest BCUT2D eigenvalue weighted by Crippen LogP contribution is 2.16. The second-order valence-corrected chi connectivity index (χ2v) is 4.16. The summed E-state index contributed by atoms with van der Waals surface area (Å²) in [4.78, 5) is 21.5. The van der Waals surface area contributed by atoms with Gasteiger partial charge in [0.15, 0.2) is 0 Å². The highest BCUT2D eigenvalue weighted by atomic mass is 32.2. The second kappa shape index (κ2) is 6.80. The number of halogens is 1. The molecule has 0 atom stereocenters. The Kier molecular flexibility index (Phi) is 5.35. The largest absolute Gasteiger partial charge is 0.358 e. The van der Waals surface area contributed by atoms with E-state index in [9.17, 15) is 14.0 Å². The van der Waals surface area contributed by atoms with Gasteiger partial charge in [-0.05, 0) is 17.7 Å². The predicted molar refractivity (Wildman–Crippen MR) is 65.1 cm³/mol. The van der Waals surface area contributed by atoms with Crippen LogP contribution >= 0.6 is 11.8 Å². The second-order valence-electron chi connectivity index (χ2n) is 3.09. The molecule has 0 radical (unpaired) electrons. The van der Waals surface area contributed by atoms with E-state index < -0.39 is 5.82 Å². The Morgan fingerprint density at radius 2 is 2.29 bits per heavy atom. The van der Waals surface area contributed by atoms with E-state index in [4.69, 9.17) is 5.41 Å². The van der Waals surface area contributed by atoms with Crippen molar-refractivity contribution in [2.75, 3.05) is 12.3 Å². The first-order valence-corrected chi connectivity index (χ1v) is 5.81. The minimum Gasteiger partial charge on any atom is -0.358 e. The quantitative estimate of drug-likeness (QED) is 0.458. The van der Waals surface area contributed by atoms with Gasteiger partial charge < -0.3 is 10.7 Å². The molecule has 0 saturated carbocycles. The first-order valence-electron chi connectivity index (χ1n) is 4.83. The summed E-state index contributed by atoms with van der Waals surface area (Å²) in [7, 11) is 0. The molecule has 0 aliphatic rings. The fourth-order valence-electron chi connectivity index (χ4n) is 1.13. The first-order chi connectivity index (χ1) is 8.19. The van der Waals surface area contributed by atoms with Gasteiger partial charge in [0.2, 0.25) is 11.5 Å². The monoisotopic (exact) mass is 254 g/mol. The van der Waals surface area contributed by atoms with Crippen molar-refractivity contribution in [1.82, 2.24) is 5.32 Å². The number of hydrogen-bond donors (Lipinski definition) is 2. The van der Waals surface area contributed by atoms with Crippen molar-refractivity contribution in [3.8, 4) is 0 Å². The molecule has 0 aliphatic carbocycles. The van der Waals surface area contributed by atoms with Gasteiger partial charge in [-0.2, -0.15) is 0 Å². The van der Waals surface area contributed by atoms with Crippen molar-refractivity contribution in [3.63, 3.8) is 0 Å². The Bertz CT molecular complexity index is 437. The average Bonchev–Trinajstić information content (AvgIpc) is 2.34. The topological polar surface area (TPSA) is 70.0 Å². The summed E-state index contributed by atoms with van der Waals surface area (Å²) in [6.07, 6.45) is 1.56. The molecule has 0 aromatic heterocycles. The Morgan fingerprint density at radius 1 is 1.53 bits per heavy atom. The van der Waals surface area contributed by atoms with Crippen LogP contribution in [-0.4, -0.2) is 30.0 Å². The van der Waals surface area contributed by atoms with E-state index in [0.717, 1.165) is 24.0 Å². The van der Waals surface area contributed by atoms with Gasteiger partial charge in [-0.25, -0.2) is 4.39 Å². The SMILES string of the molecule is N=Cc1ccc(C(=O)SCCNC=O)c(F)c1. The maximum absolute atomic E-state index is 13.5. The maximum Gasteiger partial charge on any atom is 0.222 e. The summed E-state index contributed by atoms with van der Waals surface area (Å²) in [6, 6.07) is 4.01. The number of nitrogens with one attached hydrogen (secondary N) is 2. The van der Waals surface area contributed by atoms with Crippen LogP contribution in [-0.2, 0) is 4.79 Å². The minimum absolute atomic E-state index is 0.00768. The summed E-state index contributed by atoms with van der Waals surface area (Å²) in [5.74, 6) is -0.240. The van der Waals surface area contributed by atoms with Gasteiger partial charge in [-0.15, -0.1) is 0 Å². The molecule has 0 saturated heterocycles. The van der Waals surface area contributed by atoms with Crippen molar-refractivity contribution < 1.29 is 14.0 Å². The van der Waals surface area contributed by atoms with Crippen LogP contribution in [0.25, 0.3) is 0 Å². The van der Waals surface area contributed by atoms with Crippen molar-refractivity contribution in [1.29, 1.82) is 5.41 Å². The van der Waals surface area contributed by atoms with E-state index in [1.54, 1.807) is 0 Å². The predicted octanol–water partition coefficient (Wildman–Crippen LogP) is 1.44. The smallest absolute Gasteiger partial charge is 0.222 e. The Balaban J connectivity index is 2.62. The van der Waals surface area contributed by atoms with Gasteiger partial charge >= 0.3 is 0 Å². The van der Waals surface area contributed by atoms with Crippen molar-refractivity contribution in [3.05, 3.63) is 35.1 Å². The zero-order chi connectivity index (χ0) is 12.7. The molecule has 1 rings (SSSR count). The molecule has 0 fully saturated rings. The maximum atomic E-state index is 13.5. The molecule has 17 heavy (non-hydrogen) atoms. The number of hydrogen-bond acceptors (Lipinski definition) is 4. The van der Waals surface area contributed by atoms with Gasteiger partial charge in [0.25, 0.3) is 0 Å². The molecule has 0 aliphatic heterocycles. The molecule has 1 aromatic carbocycles. The number of carbonyl (C=O) groups excluding carboxylic acids is 2. The van der Waals surface area contributed by atoms with E-state index in [0.29, 0.717) is 24.3 Å². The number of benzene rings is 1. The molecule has 0 heterocycles. The molecule has 0 bridgehead atoms. The van der Waals surface area contributed by atoms with Crippen LogP contribution in [0.1, 0.15) is 15.9 Å². The third-order valence-electron chi connectivity index (χ3n) is 1.94. The van der Waals surface area contributed by atoms with Crippen molar-refractivity contribution in [2.45, 2.75) is 0 Å². The number of carbonyl (C=O) groups is 2. The van der Waals surface area contributed by atoms with Crippen LogP contribution in [0.15, 0.2) is 18.2 Å². The van der Waals surface area contributed by atoms with Crippen molar-refractivity contribution in [2.24, 2.45) is 0 Å². The van der Waals surface area contributed by atoms with E-state index in [2.05, 4.69) is 5.32 Å². The Morgan fingerprint density at radius 3 is 2.88 bits per heavy atom. The standard InChI is InChI=1S/C11H11FN2O2S/c12-10-5-8(6-13)1-2-9(10)11(16)17-4-3-14-7-15/h1-2,5-7,13H,3-4H2,(H,14,15). The van der Waals surface area contributed by atoms with Crippen LogP contribution in [0.3, 0.4) is 0 Å². The zero-order valence-corrected chi connectivity index (χ0v) is 9.72. The molecule has 90 valence electrons. The van der Waals surface area contributed by atoms with Crippen LogP contribution in [0.2, 0.25) is 0 Å².